The number of benzene rings is 1. The van der Waals surface area contributed by atoms with Crippen LogP contribution >= 0.6 is 0 Å². The van der Waals surface area contributed by atoms with Gasteiger partial charge in [0.15, 0.2) is 0 Å². The van der Waals surface area contributed by atoms with Gasteiger partial charge in [0.05, 0.1) is 30.2 Å². The molecule has 1 aromatic carbocycles. The predicted octanol–water partition coefficient (Wildman–Crippen LogP) is 3.75. The van der Waals surface area contributed by atoms with Gasteiger partial charge >= 0.3 is 0 Å². The molecule has 34 heavy (non-hydrogen) atoms. The number of aliphatic hydroxyl groups excluding tert-OH is 1. The van der Waals surface area contributed by atoms with Crippen LogP contribution in [0.1, 0.15) is 58.2 Å². The van der Waals surface area contributed by atoms with Gasteiger partial charge < -0.3 is 5.11 Å². The van der Waals surface area contributed by atoms with E-state index in [-0.39, 0.29) is 43.7 Å². The van der Waals surface area contributed by atoms with Gasteiger partial charge in [0.2, 0.25) is 16.0 Å². The lowest BCUT2D eigenvalue weighted by Gasteiger charge is -2.20. The molecule has 0 bridgehead atoms. The zero-order valence-corrected chi connectivity index (χ0v) is 20.1. The van der Waals surface area contributed by atoms with Crippen LogP contribution in [0.4, 0.5) is 10.3 Å². The molecule has 10 heteroatoms. The Morgan fingerprint density at radius 2 is 1.76 bits per heavy atom. The van der Waals surface area contributed by atoms with Gasteiger partial charge in [0.25, 0.3) is 0 Å². The molecule has 8 nitrogen and oxygen atoms in total. The Bertz CT molecular complexity index is 1160. The molecule has 0 unspecified atom stereocenters. The number of halogens is 1. The molecule has 0 spiro atoms. The molecule has 2 rings (SSSR count). The van der Waals surface area contributed by atoms with Crippen LogP contribution in [0.3, 0.4) is 0 Å². The van der Waals surface area contributed by atoms with Crippen molar-refractivity contribution >= 4 is 33.6 Å². The second-order valence-electron chi connectivity index (χ2n) is 8.11. The number of anilines is 1. The van der Waals surface area contributed by atoms with Gasteiger partial charge in [0.1, 0.15) is 17.4 Å². The maximum atomic E-state index is 13.5. The Balaban J connectivity index is 0.00000578. The van der Waals surface area contributed by atoms with Gasteiger partial charge in [-0.05, 0) is 37.1 Å². The molecule has 0 aliphatic heterocycles. The van der Waals surface area contributed by atoms with Crippen molar-refractivity contribution in [2.75, 3.05) is 17.6 Å². The smallest absolute Gasteiger partial charge is 0.239 e. The molecule has 0 aliphatic rings. The highest BCUT2D eigenvalue weighted by atomic mass is 32.2. The maximum Gasteiger partial charge on any atom is 0.239 e. The van der Waals surface area contributed by atoms with Crippen molar-refractivity contribution in [1.82, 2.24) is 9.97 Å². The second-order valence-corrected chi connectivity index (χ2v) is 10.1. The van der Waals surface area contributed by atoms with Crippen LogP contribution in [-0.4, -0.2) is 54.5 Å². The van der Waals surface area contributed by atoms with Gasteiger partial charge in [-0.2, -0.15) is 0 Å². The molecule has 0 amide bonds. The molecule has 1 aromatic heterocycles. The highest BCUT2D eigenvalue weighted by Crippen LogP contribution is 2.31. The molecule has 2 aromatic rings. The van der Waals surface area contributed by atoms with E-state index < -0.39 is 21.9 Å². The lowest BCUT2D eigenvalue weighted by atomic mass is 9.97. The van der Waals surface area contributed by atoms with E-state index in [0.29, 0.717) is 22.5 Å². The van der Waals surface area contributed by atoms with E-state index in [1.807, 2.05) is 13.8 Å². The third kappa shape index (κ3) is 7.81. The van der Waals surface area contributed by atoms with Crippen molar-refractivity contribution in [3.8, 4) is 11.3 Å². The summed E-state index contributed by atoms with van der Waals surface area (Å²) in [5.41, 5.74) is 1.87. The molecular weight excluding hydrogens is 461 g/mol. The predicted molar refractivity (Wildman–Crippen MR) is 131 cm³/mol. The first-order valence-corrected chi connectivity index (χ1v) is 12.1. The normalized spacial score (nSPS) is 12.5. The molecule has 0 saturated heterocycles. The molecular formula is C24H32FN3O5S. The van der Waals surface area contributed by atoms with E-state index in [1.165, 1.54) is 44.3 Å². The lowest BCUT2D eigenvalue weighted by Crippen LogP contribution is -2.27. The van der Waals surface area contributed by atoms with Crippen molar-refractivity contribution in [2.45, 2.75) is 53.1 Å². The maximum absolute atomic E-state index is 13.5. The SMILES string of the molecule is C.CC(=O)CC(=O)C[C@H](O)/C=C/c1c(-c2ccc(F)cc2)nc(N(C)S(C)(=O)=O)nc1C(C)C. The lowest BCUT2D eigenvalue weighted by molar-refractivity contribution is -0.126. The van der Waals surface area contributed by atoms with E-state index in [0.717, 1.165) is 10.6 Å². The minimum Gasteiger partial charge on any atom is -0.389 e. The van der Waals surface area contributed by atoms with Gasteiger partial charge in [-0.15, -0.1) is 0 Å². The highest BCUT2D eigenvalue weighted by Gasteiger charge is 2.22. The molecule has 186 valence electrons. The quantitative estimate of drug-likeness (QED) is 0.501. The highest BCUT2D eigenvalue weighted by molar-refractivity contribution is 7.92. The fourth-order valence-electron chi connectivity index (χ4n) is 3.05. The molecule has 0 fully saturated rings. The summed E-state index contributed by atoms with van der Waals surface area (Å²) in [5, 5.41) is 10.3. The van der Waals surface area contributed by atoms with Crippen molar-refractivity contribution in [1.29, 1.82) is 0 Å². The number of hydrogen-bond acceptors (Lipinski definition) is 7. The fraction of sp³-hybridized carbons (Fsp3) is 0.417. The van der Waals surface area contributed by atoms with Crippen LogP contribution in [0.2, 0.25) is 0 Å². The molecule has 0 saturated carbocycles. The summed E-state index contributed by atoms with van der Waals surface area (Å²) in [7, 11) is -2.30. The molecule has 1 heterocycles. The number of carbonyl (C=O) groups is 2. The van der Waals surface area contributed by atoms with Crippen LogP contribution in [0, 0.1) is 5.82 Å². The summed E-state index contributed by atoms with van der Waals surface area (Å²) >= 11 is 0. The van der Waals surface area contributed by atoms with E-state index in [4.69, 9.17) is 0 Å². The first-order valence-electron chi connectivity index (χ1n) is 10.3. The largest absolute Gasteiger partial charge is 0.389 e. The number of Topliss-reactive ketones (excluding diaryl/α,β-unsaturated/α-hetero) is 2. The van der Waals surface area contributed by atoms with Crippen molar-refractivity contribution in [3.05, 3.63) is 47.4 Å². The zero-order valence-electron chi connectivity index (χ0n) is 19.2. The number of aromatic nitrogens is 2. The summed E-state index contributed by atoms with van der Waals surface area (Å²) in [6.07, 6.45) is 2.37. The summed E-state index contributed by atoms with van der Waals surface area (Å²) in [5.74, 6) is -1.31. The van der Waals surface area contributed by atoms with E-state index in [2.05, 4.69) is 9.97 Å². The topological polar surface area (TPSA) is 118 Å². The molecule has 0 radical (unpaired) electrons. The van der Waals surface area contributed by atoms with E-state index in [9.17, 15) is 27.5 Å². The Kier molecular flexibility index (Phi) is 10.2. The number of rotatable bonds is 10. The molecule has 1 N–H and O–H groups in total. The van der Waals surface area contributed by atoms with Crippen LogP contribution in [0.5, 0.6) is 0 Å². The van der Waals surface area contributed by atoms with E-state index in [1.54, 1.807) is 6.08 Å². The van der Waals surface area contributed by atoms with Crippen LogP contribution in [0.25, 0.3) is 17.3 Å². The standard InChI is InChI=1S/C23H28FN3O5S.CH4/c1-14(2)21-20(11-10-18(29)13-19(30)12-15(3)28)22(16-6-8-17(24)9-7-16)26-23(25-21)27(4)33(5,31)32;/h6-11,14,18,29H,12-13H2,1-5H3;1H4/b11-10+;/t18-;/m1./s1. The van der Waals surface area contributed by atoms with Gasteiger partial charge in [-0.25, -0.2) is 27.1 Å². The number of sulfonamides is 1. The minimum atomic E-state index is -3.64. The number of nitrogens with zero attached hydrogens (tertiary/aromatic N) is 3. The van der Waals surface area contributed by atoms with E-state index >= 15 is 0 Å². The number of carbonyl (C=O) groups excluding carboxylic acids is 2. The zero-order chi connectivity index (χ0) is 24.9. The third-order valence-electron chi connectivity index (χ3n) is 4.77. The summed E-state index contributed by atoms with van der Waals surface area (Å²) in [4.78, 5) is 31.8. The first kappa shape index (κ1) is 29.1. The first-order chi connectivity index (χ1) is 15.3. The van der Waals surface area contributed by atoms with Crippen LogP contribution in [-0.2, 0) is 19.6 Å². The average molecular weight is 494 g/mol. The number of ketones is 2. The second kappa shape index (κ2) is 11.9. The van der Waals surface area contributed by atoms with Crippen molar-refractivity contribution in [3.63, 3.8) is 0 Å². The van der Waals surface area contributed by atoms with Gasteiger partial charge in [-0.1, -0.05) is 33.4 Å². The van der Waals surface area contributed by atoms with Gasteiger partial charge in [0, 0.05) is 24.6 Å². The van der Waals surface area contributed by atoms with Crippen molar-refractivity contribution in [2.24, 2.45) is 0 Å². The van der Waals surface area contributed by atoms with Crippen molar-refractivity contribution < 1.29 is 27.5 Å². The Hall–Kier alpha value is -2.98. The molecule has 0 aliphatic carbocycles. The summed E-state index contributed by atoms with van der Waals surface area (Å²) < 4.78 is 38.6. The number of aliphatic hydroxyl groups is 1. The Labute approximate surface area is 200 Å². The summed E-state index contributed by atoms with van der Waals surface area (Å²) in [6.45, 7) is 5.03. The Morgan fingerprint density at radius 3 is 2.26 bits per heavy atom. The molecule has 1 atom stereocenters. The Morgan fingerprint density at radius 1 is 1.18 bits per heavy atom. The van der Waals surface area contributed by atoms with Gasteiger partial charge in [-0.3, -0.25) is 9.59 Å². The minimum absolute atomic E-state index is 0. The number of hydrogen-bond donors (Lipinski definition) is 1. The third-order valence-corrected chi connectivity index (χ3v) is 5.93. The average Bonchev–Trinajstić information content (AvgIpc) is 2.70. The summed E-state index contributed by atoms with van der Waals surface area (Å²) in [6, 6.07) is 5.54. The van der Waals surface area contributed by atoms with Crippen LogP contribution < -0.4 is 4.31 Å². The fourth-order valence-corrected chi connectivity index (χ4v) is 3.43. The monoisotopic (exact) mass is 493 g/mol. The van der Waals surface area contributed by atoms with Crippen LogP contribution in [0.15, 0.2) is 30.3 Å².